The molecule has 23 heavy (non-hydrogen) atoms. The van der Waals surface area contributed by atoms with Crippen molar-refractivity contribution in [3.05, 3.63) is 78.1 Å². The Morgan fingerprint density at radius 3 is 2.39 bits per heavy atom. The minimum Gasteiger partial charge on any atom is -0.207 e. The van der Waals surface area contributed by atoms with Crippen LogP contribution < -0.4 is 4.72 Å². The van der Waals surface area contributed by atoms with Crippen LogP contribution in [0.15, 0.2) is 71.6 Å². The van der Waals surface area contributed by atoms with Gasteiger partial charge in [0.1, 0.15) is 5.82 Å². The number of halogens is 1. The molecule has 3 aromatic rings. The van der Waals surface area contributed by atoms with Crippen molar-refractivity contribution in [2.24, 2.45) is 0 Å². The number of rotatable bonds is 4. The van der Waals surface area contributed by atoms with Crippen LogP contribution in [0.1, 0.15) is 18.5 Å². The van der Waals surface area contributed by atoms with E-state index in [9.17, 15) is 12.8 Å². The fourth-order valence-electron chi connectivity index (χ4n) is 2.48. The molecule has 3 nitrogen and oxygen atoms in total. The molecule has 0 aliphatic carbocycles. The van der Waals surface area contributed by atoms with E-state index in [0.717, 1.165) is 22.4 Å². The lowest BCUT2D eigenvalue weighted by Crippen LogP contribution is -2.27. The van der Waals surface area contributed by atoms with Crippen LogP contribution in [0, 0.1) is 5.82 Å². The first kappa shape index (κ1) is 15.6. The first-order chi connectivity index (χ1) is 11.0. The van der Waals surface area contributed by atoms with E-state index >= 15 is 0 Å². The summed E-state index contributed by atoms with van der Waals surface area (Å²) < 4.78 is 40.5. The Morgan fingerprint density at radius 1 is 0.913 bits per heavy atom. The molecule has 0 heterocycles. The van der Waals surface area contributed by atoms with Crippen molar-refractivity contribution in [1.82, 2.24) is 4.72 Å². The molecule has 0 spiro atoms. The van der Waals surface area contributed by atoms with Gasteiger partial charge in [-0.05, 0) is 47.5 Å². The van der Waals surface area contributed by atoms with E-state index in [2.05, 4.69) is 4.72 Å². The van der Waals surface area contributed by atoms with Crippen molar-refractivity contribution in [3.8, 4) is 0 Å². The first-order valence-corrected chi connectivity index (χ1v) is 8.71. The maximum absolute atomic E-state index is 13.2. The molecule has 0 saturated heterocycles. The lowest BCUT2D eigenvalue weighted by molar-refractivity contribution is 0.564. The average molecular weight is 329 g/mol. The lowest BCUT2D eigenvalue weighted by Gasteiger charge is -2.15. The normalized spacial score (nSPS) is 13.1. The van der Waals surface area contributed by atoms with Gasteiger partial charge in [-0.15, -0.1) is 0 Å². The Kier molecular flexibility index (Phi) is 4.15. The second-order valence-electron chi connectivity index (χ2n) is 5.41. The van der Waals surface area contributed by atoms with Crippen LogP contribution in [-0.4, -0.2) is 8.42 Å². The van der Waals surface area contributed by atoms with E-state index in [4.69, 9.17) is 0 Å². The average Bonchev–Trinajstić information content (AvgIpc) is 2.54. The molecular weight excluding hydrogens is 313 g/mol. The summed E-state index contributed by atoms with van der Waals surface area (Å²) >= 11 is 0. The summed E-state index contributed by atoms with van der Waals surface area (Å²) in [5, 5.41) is 2.14. The molecule has 0 saturated carbocycles. The largest absolute Gasteiger partial charge is 0.241 e. The molecule has 5 heteroatoms. The van der Waals surface area contributed by atoms with Gasteiger partial charge in [0.25, 0.3) is 0 Å². The van der Waals surface area contributed by atoms with Crippen LogP contribution in [0.2, 0.25) is 0 Å². The van der Waals surface area contributed by atoms with E-state index in [1.54, 1.807) is 6.92 Å². The first-order valence-electron chi connectivity index (χ1n) is 7.22. The summed E-state index contributed by atoms with van der Waals surface area (Å²) in [5.74, 6) is -0.578. The van der Waals surface area contributed by atoms with Crippen molar-refractivity contribution in [2.45, 2.75) is 17.9 Å². The Labute approximate surface area is 134 Å². The van der Waals surface area contributed by atoms with E-state index in [1.165, 1.54) is 18.2 Å². The lowest BCUT2D eigenvalue weighted by atomic mass is 10.0. The van der Waals surface area contributed by atoms with Gasteiger partial charge < -0.3 is 0 Å². The van der Waals surface area contributed by atoms with E-state index in [-0.39, 0.29) is 4.90 Å². The Hall–Kier alpha value is -2.24. The molecule has 0 amide bonds. The number of hydrogen-bond acceptors (Lipinski definition) is 2. The molecule has 1 unspecified atom stereocenters. The van der Waals surface area contributed by atoms with E-state index < -0.39 is 21.9 Å². The third-order valence-electron chi connectivity index (χ3n) is 3.71. The monoisotopic (exact) mass is 329 g/mol. The third-order valence-corrected chi connectivity index (χ3v) is 5.25. The molecule has 1 atom stereocenters. The number of benzene rings is 3. The summed E-state index contributed by atoms with van der Waals surface area (Å²) in [7, 11) is -3.77. The Morgan fingerprint density at radius 2 is 1.65 bits per heavy atom. The van der Waals surface area contributed by atoms with Gasteiger partial charge in [-0.25, -0.2) is 17.5 Å². The fourth-order valence-corrected chi connectivity index (χ4v) is 3.74. The van der Waals surface area contributed by atoms with Crippen LogP contribution in [0.4, 0.5) is 4.39 Å². The topological polar surface area (TPSA) is 46.2 Å². The highest BCUT2D eigenvalue weighted by Gasteiger charge is 2.19. The molecule has 3 rings (SSSR count). The summed E-state index contributed by atoms with van der Waals surface area (Å²) in [5.41, 5.74) is 0.851. The minimum atomic E-state index is -3.77. The quantitative estimate of drug-likeness (QED) is 0.786. The summed E-state index contributed by atoms with van der Waals surface area (Å²) in [6, 6.07) is 18.2. The van der Waals surface area contributed by atoms with Crippen molar-refractivity contribution in [1.29, 1.82) is 0 Å². The van der Waals surface area contributed by atoms with Gasteiger partial charge >= 0.3 is 0 Å². The molecular formula is C18H16FNO2S. The Balaban J connectivity index is 1.89. The number of fused-ring (bicyclic) bond motifs is 1. The van der Waals surface area contributed by atoms with Gasteiger partial charge in [0.05, 0.1) is 4.90 Å². The fraction of sp³-hybridized carbons (Fsp3) is 0.111. The van der Waals surface area contributed by atoms with Crippen LogP contribution in [-0.2, 0) is 10.0 Å². The second-order valence-corrected chi connectivity index (χ2v) is 7.12. The standard InChI is InChI=1S/C18H16FNO2S/c1-13(15-10-9-14-5-2-3-6-16(14)11-15)20-23(21,22)18-8-4-7-17(19)12-18/h2-13,20H,1H3. The van der Waals surface area contributed by atoms with Gasteiger partial charge in [-0.2, -0.15) is 0 Å². The number of nitrogens with one attached hydrogen (secondary N) is 1. The molecule has 1 N–H and O–H groups in total. The second kappa shape index (κ2) is 6.10. The van der Waals surface area contributed by atoms with Crippen molar-refractivity contribution in [3.63, 3.8) is 0 Å². The zero-order valence-electron chi connectivity index (χ0n) is 12.5. The van der Waals surface area contributed by atoms with E-state index in [1.807, 2.05) is 42.5 Å². The molecule has 0 aromatic heterocycles. The predicted molar refractivity (Wildman–Crippen MR) is 89.1 cm³/mol. The van der Waals surface area contributed by atoms with Gasteiger partial charge in [-0.3, -0.25) is 0 Å². The SMILES string of the molecule is CC(NS(=O)(=O)c1cccc(F)c1)c1ccc2ccccc2c1. The number of sulfonamides is 1. The predicted octanol–water partition coefficient (Wildman–Crippen LogP) is 4.02. The van der Waals surface area contributed by atoms with Gasteiger partial charge in [0.2, 0.25) is 10.0 Å². The smallest absolute Gasteiger partial charge is 0.207 e. The molecule has 0 fully saturated rings. The van der Waals surface area contributed by atoms with Crippen molar-refractivity contribution in [2.75, 3.05) is 0 Å². The van der Waals surface area contributed by atoms with Gasteiger partial charge in [0.15, 0.2) is 0 Å². The number of hydrogen-bond donors (Lipinski definition) is 1. The van der Waals surface area contributed by atoms with Crippen LogP contribution >= 0.6 is 0 Å². The highest BCUT2D eigenvalue weighted by atomic mass is 32.2. The Bertz CT molecular complexity index is 954. The summed E-state index contributed by atoms with van der Waals surface area (Å²) in [6.45, 7) is 1.76. The maximum atomic E-state index is 13.2. The summed E-state index contributed by atoms with van der Waals surface area (Å²) in [4.78, 5) is -0.0786. The van der Waals surface area contributed by atoms with Crippen LogP contribution in [0.3, 0.4) is 0 Å². The van der Waals surface area contributed by atoms with Gasteiger partial charge in [-0.1, -0.05) is 42.5 Å². The summed E-state index contributed by atoms with van der Waals surface area (Å²) in [6.07, 6.45) is 0. The van der Waals surface area contributed by atoms with Crippen LogP contribution in [0.25, 0.3) is 10.8 Å². The van der Waals surface area contributed by atoms with Crippen LogP contribution in [0.5, 0.6) is 0 Å². The van der Waals surface area contributed by atoms with E-state index in [0.29, 0.717) is 0 Å². The molecule has 3 aromatic carbocycles. The molecule has 0 aliphatic rings. The molecule has 0 aliphatic heterocycles. The third kappa shape index (κ3) is 3.41. The maximum Gasteiger partial charge on any atom is 0.241 e. The molecule has 0 radical (unpaired) electrons. The zero-order valence-corrected chi connectivity index (χ0v) is 13.3. The highest BCUT2D eigenvalue weighted by molar-refractivity contribution is 7.89. The van der Waals surface area contributed by atoms with Crippen molar-refractivity contribution < 1.29 is 12.8 Å². The van der Waals surface area contributed by atoms with Crippen molar-refractivity contribution >= 4 is 20.8 Å². The highest BCUT2D eigenvalue weighted by Crippen LogP contribution is 2.22. The van der Waals surface area contributed by atoms with Gasteiger partial charge in [0, 0.05) is 6.04 Å². The molecule has 118 valence electrons. The minimum absolute atomic E-state index is 0.0786. The zero-order chi connectivity index (χ0) is 16.4. The molecule has 0 bridgehead atoms.